The first-order chi connectivity index (χ1) is 47.6. The smallest absolute Gasteiger partial charge is 0.410 e. The van der Waals surface area contributed by atoms with Crippen molar-refractivity contribution < 1.29 is 55.7 Å². The van der Waals surface area contributed by atoms with Crippen LogP contribution in [0.1, 0.15) is 131 Å². The lowest BCUT2D eigenvalue weighted by Gasteiger charge is -2.50. The third-order valence-electron chi connectivity index (χ3n) is 18.7. The van der Waals surface area contributed by atoms with E-state index in [2.05, 4.69) is 15.3 Å². The normalized spacial score (nSPS) is 17.5. The highest BCUT2D eigenvalue weighted by Crippen LogP contribution is 2.51. The van der Waals surface area contributed by atoms with Crippen LogP contribution in [0.2, 0.25) is 10.0 Å². The molecule has 12 rings (SSSR count). The van der Waals surface area contributed by atoms with E-state index in [1.54, 1.807) is 75.9 Å². The van der Waals surface area contributed by atoms with Crippen molar-refractivity contribution in [1.29, 1.82) is 0 Å². The summed E-state index contributed by atoms with van der Waals surface area (Å²) in [7, 11) is 4.19. The summed E-state index contributed by atoms with van der Waals surface area (Å²) in [4.78, 5) is 101. The molecule has 4 amide bonds. The second-order valence-corrected chi connectivity index (χ2v) is 29.1. The minimum atomic E-state index is -0.953. The van der Waals surface area contributed by atoms with Gasteiger partial charge in [-0.3, -0.25) is 38.3 Å². The Kier molecular flexibility index (Phi) is 19.8. The molecule has 101 heavy (non-hydrogen) atoms. The average Bonchev–Trinajstić information content (AvgIpc) is 0.707. The van der Waals surface area contributed by atoms with E-state index in [1.807, 2.05) is 55.4 Å². The Balaban J connectivity index is 0.000000203. The molecule has 0 saturated carbocycles. The molecule has 4 aliphatic heterocycles. The quantitative estimate of drug-likeness (QED) is 0.127. The Labute approximate surface area is 592 Å². The number of hydrogen-bond acceptors (Lipinski definition) is 14. The largest absolute Gasteiger partial charge is 0.496 e. The second kappa shape index (κ2) is 27.5. The number of amides is 4. The number of methoxy groups -OCH3 is 2. The summed E-state index contributed by atoms with van der Waals surface area (Å²) in [5.74, 6) is -4.63. The molecular weight excluding hydrogens is 1350 g/mol. The van der Waals surface area contributed by atoms with E-state index in [9.17, 15) is 24.0 Å². The summed E-state index contributed by atoms with van der Waals surface area (Å²) in [5, 5.41) is 2.98. The van der Waals surface area contributed by atoms with Crippen molar-refractivity contribution in [2.75, 3.05) is 67.5 Å². The highest BCUT2D eigenvalue weighted by molar-refractivity contribution is 6.35. The van der Waals surface area contributed by atoms with Crippen molar-refractivity contribution in [2.45, 2.75) is 157 Å². The zero-order valence-corrected chi connectivity index (χ0v) is 61.0. The SMILES string of the molecule is CCc1ccnc(C(C)C)c1-n1c(=O)c2c(c3cc(Cl)c(-c4c(F)cccc4OC)c(F)c31)N1C[C@@H](C)N(C(=O)OC(C)(C)C)C[C@@H]1C(=O)N2.CCc1ccnc(C(C)C)c1-n1c(=O)c2c(c3cc(Cl)c(-c4c(F)cccc4OC)c(F)c31)N1C[C@@H](C)N(C(=O)OC(C)(C)C)C[C@@H]1C(=O)N2C. The number of likely N-dealkylation sites (N-methyl/N-ethyl adjacent to an activating group) is 1. The lowest BCUT2D eigenvalue weighted by molar-refractivity contribution is -0.121. The molecule has 8 aromatic rings. The molecule has 20 nitrogen and oxygen atoms in total. The summed E-state index contributed by atoms with van der Waals surface area (Å²) in [6.45, 7) is 25.9. The summed E-state index contributed by atoms with van der Waals surface area (Å²) in [6, 6.07) is 12.0. The Morgan fingerprint density at radius 3 is 1.42 bits per heavy atom. The van der Waals surface area contributed by atoms with Crippen LogP contribution in [-0.4, -0.2) is 136 Å². The molecule has 4 aromatic carbocycles. The lowest BCUT2D eigenvalue weighted by Crippen LogP contribution is -2.66. The van der Waals surface area contributed by atoms with Gasteiger partial charge in [-0.2, -0.15) is 0 Å². The van der Waals surface area contributed by atoms with Crippen molar-refractivity contribution in [3.8, 4) is 45.1 Å². The minimum Gasteiger partial charge on any atom is -0.496 e. The van der Waals surface area contributed by atoms with Crippen LogP contribution < -0.4 is 40.6 Å². The van der Waals surface area contributed by atoms with Gasteiger partial charge in [0.25, 0.3) is 17.0 Å². The number of aryl methyl sites for hydroxylation is 2. The molecule has 1 N–H and O–H groups in total. The number of nitrogens with one attached hydrogen (secondary N) is 1. The van der Waals surface area contributed by atoms with Crippen LogP contribution in [0.5, 0.6) is 11.5 Å². The fraction of sp³-hybridized carbons (Fsp3) is 0.413. The van der Waals surface area contributed by atoms with E-state index < -0.39 is 93.8 Å². The molecule has 4 atom stereocenters. The van der Waals surface area contributed by atoms with Crippen molar-refractivity contribution in [3.05, 3.63) is 150 Å². The standard InChI is InChI=1S/C38H42ClF2N5O5.C37H40ClF2N5O5/c1-10-21-14-15-42-30(19(2)3)31(21)46-32-22(16-23(39)27(29(32)41)28-24(40)12-11-13-26(28)50-9)33-34(36(46)48)43(8)35(47)25-18-44(20(4)17-45(25)33)37(49)51-38(5,6)7;1-9-20-13-14-41-29(18(2)3)31(20)45-32-21(15-22(38)26(28(32)40)27-23(39)11-10-12-25(27)49-8)33-30(35(45)47)42-34(46)24-17-43(19(4)16-44(24)33)36(48)50-37(5,6)7/h11-16,19-20,25H,10,17-18H2,1-9H3;10-15,18-19,24H,9,16-17H2,1-8H3,(H,42,46)/t20-,25-;19-,24-/m11/s1. The van der Waals surface area contributed by atoms with Crippen molar-refractivity contribution in [3.63, 3.8) is 0 Å². The molecular formula is C75H82Cl2F4N10O10. The van der Waals surface area contributed by atoms with E-state index in [0.29, 0.717) is 41.2 Å². The number of ether oxygens (including phenoxy) is 4. The Hall–Kier alpha value is -9.42. The van der Waals surface area contributed by atoms with Crippen LogP contribution >= 0.6 is 23.2 Å². The number of halogens is 6. The highest BCUT2D eigenvalue weighted by Gasteiger charge is 2.49. The number of anilines is 4. The fourth-order valence-electron chi connectivity index (χ4n) is 14.2. The lowest BCUT2D eigenvalue weighted by atomic mass is 9.95. The van der Waals surface area contributed by atoms with Crippen LogP contribution in [0.25, 0.3) is 55.4 Å². The Morgan fingerprint density at radius 1 is 0.584 bits per heavy atom. The first kappa shape index (κ1) is 72.8. The van der Waals surface area contributed by atoms with Gasteiger partial charge < -0.3 is 48.8 Å². The number of carbonyl (C=O) groups excluding carboxylic acids is 4. The van der Waals surface area contributed by atoms with Crippen LogP contribution in [0.4, 0.5) is 49.9 Å². The predicted molar refractivity (Wildman–Crippen MR) is 385 cm³/mol. The van der Waals surface area contributed by atoms with Gasteiger partial charge in [0, 0.05) is 66.5 Å². The maximum absolute atomic E-state index is 17.7. The average molecular weight is 1430 g/mol. The molecule has 0 aliphatic carbocycles. The molecule has 0 bridgehead atoms. The van der Waals surface area contributed by atoms with Gasteiger partial charge in [0.05, 0.1) is 93.7 Å². The number of carbonyl (C=O) groups is 4. The van der Waals surface area contributed by atoms with Crippen LogP contribution in [0.3, 0.4) is 0 Å². The maximum Gasteiger partial charge on any atom is 0.410 e. The van der Waals surface area contributed by atoms with Gasteiger partial charge in [-0.25, -0.2) is 27.2 Å². The topological polar surface area (TPSA) is 203 Å². The summed E-state index contributed by atoms with van der Waals surface area (Å²) in [5.41, 5.74) is -0.406. The molecule has 0 unspecified atom stereocenters. The first-order valence-electron chi connectivity index (χ1n) is 33.6. The number of fused-ring (bicyclic) bond motifs is 10. The third-order valence-corrected chi connectivity index (χ3v) is 19.3. The van der Waals surface area contributed by atoms with Gasteiger partial charge in [0.1, 0.15) is 57.8 Å². The monoisotopic (exact) mass is 1430 g/mol. The third kappa shape index (κ3) is 12.7. The van der Waals surface area contributed by atoms with E-state index in [1.165, 1.54) is 93.6 Å². The van der Waals surface area contributed by atoms with Gasteiger partial charge in [-0.15, -0.1) is 0 Å². The molecule has 2 saturated heterocycles. The molecule has 26 heteroatoms. The van der Waals surface area contributed by atoms with E-state index >= 15 is 22.4 Å². The number of aromatic nitrogens is 4. The van der Waals surface area contributed by atoms with Crippen molar-refractivity contribution in [1.82, 2.24) is 28.9 Å². The number of piperazine rings is 2. The Morgan fingerprint density at radius 2 is 1.00 bits per heavy atom. The fourth-order valence-corrected chi connectivity index (χ4v) is 14.7. The number of nitrogens with zero attached hydrogens (tertiary/aromatic N) is 9. The zero-order chi connectivity index (χ0) is 73.7. The van der Waals surface area contributed by atoms with E-state index in [4.69, 9.17) is 42.1 Å². The van der Waals surface area contributed by atoms with Crippen LogP contribution in [0.15, 0.2) is 82.6 Å². The number of benzene rings is 4. The first-order valence-corrected chi connectivity index (χ1v) is 34.3. The minimum absolute atomic E-state index is 0.0222. The number of hydrogen-bond donors (Lipinski definition) is 1. The van der Waals surface area contributed by atoms with Crippen LogP contribution in [0, 0.1) is 23.3 Å². The van der Waals surface area contributed by atoms with Crippen molar-refractivity contribution >= 4 is 91.8 Å². The molecule has 4 aliphatic rings. The van der Waals surface area contributed by atoms with Gasteiger partial charge in [-0.1, -0.05) is 76.9 Å². The highest BCUT2D eigenvalue weighted by atomic mass is 35.5. The molecule has 534 valence electrons. The molecule has 8 heterocycles. The van der Waals surface area contributed by atoms with Crippen molar-refractivity contribution in [2.24, 2.45) is 0 Å². The molecule has 2 fully saturated rings. The summed E-state index contributed by atoms with van der Waals surface area (Å²) in [6.07, 6.45) is 3.10. The summed E-state index contributed by atoms with van der Waals surface area (Å²) >= 11 is 13.8. The van der Waals surface area contributed by atoms with Gasteiger partial charge in [-0.05, 0) is 140 Å². The number of pyridine rings is 4. The molecule has 4 aromatic heterocycles. The van der Waals surface area contributed by atoms with Crippen LogP contribution in [-0.2, 0) is 31.9 Å². The van der Waals surface area contributed by atoms with E-state index in [-0.39, 0.29) is 126 Å². The Bertz CT molecular complexity index is 4860. The van der Waals surface area contributed by atoms with Gasteiger partial charge >= 0.3 is 12.2 Å². The zero-order valence-electron chi connectivity index (χ0n) is 59.5. The molecule has 0 radical (unpaired) electrons. The number of rotatable bonds is 10. The summed E-state index contributed by atoms with van der Waals surface area (Å²) < 4.78 is 91.2. The predicted octanol–water partition coefficient (Wildman–Crippen LogP) is 14.9. The maximum atomic E-state index is 17.7. The van der Waals surface area contributed by atoms with E-state index in [0.717, 1.165) is 5.56 Å². The second-order valence-electron chi connectivity index (χ2n) is 28.3. The molecule has 0 spiro atoms. The van der Waals surface area contributed by atoms with Gasteiger partial charge in [0.2, 0.25) is 5.91 Å². The van der Waals surface area contributed by atoms with Gasteiger partial charge in [0.15, 0.2) is 11.6 Å².